The Morgan fingerprint density at radius 3 is 2.57 bits per heavy atom. The van der Waals surface area contributed by atoms with E-state index in [1.165, 1.54) is 6.07 Å². The van der Waals surface area contributed by atoms with Gasteiger partial charge in [-0.3, -0.25) is 0 Å². The standard InChI is InChI=1S/C17H18BrFO2/c1-11-4-5-13(9-16(11)19)17(2,20)10-12-8-14(21-3)6-7-15(12)18/h4-9,20H,10H2,1-3H3. The number of aliphatic hydroxyl groups is 1. The van der Waals surface area contributed by atoms with Gasteiger partial charge in [-0.15, -0.1) is 0 Å². The number of hydrogen-bond acceptors (Lipinski definition) is 2. The molecule has 0 radical (unpaired) electrons. The minimum absolute atomic E-state index is 0.308. The molecule has 2 aromatic carbocycles. The molecule has 0 aromatic heterocycles. The Kier molecular flexibility index (Phi) is 4.69. The van der Waals surface area contributed by atoms with Crippen molar-refractivity contribution in [3.63, 3.8) is 0 Å². The summed E-state index contributed by atoms with van der Waals surface area (Å²) in [5, 5.41) is 10.7. The Hall–Kier alpha value is -1.39. The quantitative estimate of drug-likeness (QED) is 0.885. The van der Waals surface area contributed by atoms with E-state index >= 15 is 0 Å². The lowest BCUT2D eigenvalue weighted by Crippen LogP contribution is -2.24. The van der Waals surface area contributed by atoms with Crippen molar-refractivity contribution in [2.24, 2.45) is 0 Å². The first-order chi connectivity index (χ1) is 9.83. The summed E-state index contributed by atoms with van der Waals surface area (Å²) in [7, 11) is 1.60. The minimum atomic E-state index is -1.16. The maximum Gasteiger partial charge on any atom is 0.126 e. The summed E-state index contributed by atoms with van der Waals surface area (Å²) in [4.78, 5) is 0. The van der Waals surface area contributed by atoms with Crippen LogP contribution in [0.2, 0.25) is 0 Å². The third-order valence-corrected chi connectivity index (χ3v) is 4.35. The maximum absolute atomic E-state index is 13.7. The first-order valence-electron chi connectivity index (χ1n) is 6.65. The van der Waals surface area contributed by atoms with Crippen LogP contribution in [-0.4, -0.2) is 12.2 Å². The minimum Gasteiger partial charge on any atom is -0.497 e. The van der Waals surface area contributed by atoms with Crippen LogP contribution in [0, 0.1) is 12.7 Å². The van der Waals surface area contributed by atoms with Crippen molar-refractivity contribution in [2.45, 2.75) is 25.9 Å². The van der Waals surface area contributed by atoms with E-state index in [2.05, 4.69) is 15.9 Å². The van der Waals surface area contributed by atoms with E-state index in [1.54, 1.807) is 33.1 Å². The zero-order valence-corrected chi connectivity index (χ0v) is 13.9. The normalized spacial score (nSPS) is 13.8. The Balaban J connectivity index is 2.34. The van der Waals surface area contributed by atoms with Gasteiger partial charge in [0.2, 0.25) is 0 Å². The number of halogens is 2. The second kappa shape index (κ2) is 6.16. The Morgan fingerprint density at radius 2 is 1.95 bits per heavy atom. The zero-order valence-electron chi connectivity index (χ0n) is 12.3. The Bertz CT molecular complexity index is 653. The second-order valence-electron chi connectivity index (χ2n) is 5.37. The number of benzene rings is 2. The van der Waals surface area contributed by atoms with Crippen molar-refractivity contribution in [1.82, 2.24) is 0 Å². The smallest absolute Gasteiger partial charge is 0.126 e. The van der Waals surface area contributed by atoms with E-state index in [0.29, 0.717) is 17.5 Å². The molecule has 2 nitrogen and oxygen atoms in total. The maximum atomic E-state index is 13.7. The van der Waals surface area contributed by atoms with Crippen LogP contribution in [0.25, 0.3) is 0 Å². The number of ether oxygens (including phenoxy) is 1. The van der Waals surface area contributed by atoms with Crippen molar-refractivity contribution in [3.05, 3.63) is 63.4 Å². The van der Waals surface area contributed by atoms with Crippen LogP contribution in [0.3, 0.4) is 0 Å². The van der Waals surface area contributed by atoms with Gasteiger partial charge in [0, 0.05) is 10.9 Å². The lowest BCUT2D eigenvalue weighted by Gasteiger charge is -2.25. The van der Waals surface area contributed by atoms with Crippen molar-refractivity contribution >= 4 is 15.9 Å². The van der Waals surface area contributed by atoms with Crippen LogP contribution in [0.5, 0.6) is 5.75 Å². The van der Waals surface area contributed by atoms with Gasteiger partial charge in [0.25, 0.3) is 0 Å². The van der Waals surface area contributed by atoms with E-state index in [9.17, 15) is 9.50 Å². The molecule has 0 bridgehead atoms. The van der Waals surface area contributed by atoms with E-state index in [4.69, 9.17) is 4.74 Å². The predicted molar refractivity (Wildman–Crippen MR) is 85.1 cm³/mol. The summed E-state index contributed by atoms with van der Waals surface area (Å²) in [6.07, 6.45) is 0.354. The molecule has 0 spiro atoms. The molecule has 1 atom stereocenters. The Morgan fingerprint density at radius 1 is 1.24 bits per heavy atom. The fourth-order valence-electron chi connectivity index (χ4n) is 2.21. The SMILES string of the molecule is COc1ccc(Br)c(CC(C)(O)c2ccc(C)c(F)c2)c1. The van der Waals surface area contributed by atoms with Crippen molar-refractivity contribution < 1.29 is 14.2 Å². The van der Waals surface area contributed by atoms with E-state index < -0.39 is 5.60 Å². The largest absolute Gasteiger partial charge is 0.497 e. The number of aryl methyl sites for hydroxylation is 1. The summed E-state index contributed by atoms with van der Waals surface area (Å²) in [5.41, 5.74) is 0.862. The Labute approximate surface area is 132 Å². The number of rotatable bonds is 4. The van der Waals surface area contributed by atoms with E-state index in [1.807, 2.05) is 18.2 Å². The van der Waals surface area contributed by atoms with Crippen LogP contribution in [0.15, 0.2) is 40.9 Å². The van der Waals surface area contributed by atoms with Crippen LogP contribution in [0.4, 0.5) is 4.39 Å². The molecule has 0 amide bonds. The van der Waals surface area contributed by atoms with Crippen LogP contribution < -0.4 is 4.74 Å². The first-order valence-corrected chi connectivity index (χ1v) is 7.44. The molecule has 0 heterocycles. The molecular weight excluding hydrogens is 335 g/mol. The molecule has 0 aliphatic heterocycles. The topological polar surface area (TPSA) is 29.5 Å². The molecule has 0 aliphatic carbocycles. The van der Waals surface area contributed by atoms with E-state index in [0.717, 1.165) is 15.8 Å². The van der Waals surface area contributed by atoms with Gasteiger partial charge in [-0.1, -0.05) is 28.1 Å². The average molecular weight is 353 g/mol. The molecule has 4 heteroatoms. The summed E-state index contributed by atoms with van der Waals surface area (Å²) < 4.78 is 19.8. The van der Waals surface area contributed by atoms with Gasteiger partial charge < -0.3 is 9.84 Å². The molecule has 0 aliphatic rings. The van der Waals surface area contributed by atoms with Gasteiger partial charge in [0.15, 0.2) is 0 Å². The molecule has 1 unspecified atom stereocenters. The summed E-state index contributed by atoms with van der Waals surface area (Å²) in [5.74, 6) is 0.413. The number of hydrogen-bond donors (Lipinski definition) is 1. The van der Waals surface area contributed by atoms with Gasteiger partial charge in [-0.05, 0) is 54.8 Å². The highest BCUT2D eigenvalue weighted by Crippen LogP contribution is 2.31. The van der Waals surface area contributed by atoms with Crippen molar-refractivity contribution in [1.29, 1.82) is 0 Å². The summed E-state index contributed by atoms with van der Waals surface area (Å²) >= 11 is 3.47. The molecule has 0 saturated carbocycles. The van der Waals surface area contributed by atoms with Gasteiger partial charge in [-0.2, -0.15) is 0 Å². The summed E-state index contributed by atoms with van der Waals surface area (Å²) in [6.45, 7) is 3.38. The lowest BCUT2D eigenvalue weighted by molar-refractivity contribution is 0.0570. The highest BCUT2D eigenvalue weighted by molar-refractivity contribution is 9.10. The third kappa shape index (κ3) is 3.63. The molecule has 21 heavy (non-hydrogen) atoms. The monoisotopic (exact) mass is 352 g/mol. The molecule has 2 rings (SSSR count). The van der Waals surface area contributed by atoms with Gasteiger partial charge in [-0.25, -0.2) is 4.39 Å². The molecule has 112 valence electrons. The summed E-state index contributed by atoms with van der Waals surface area (Å²) in [6, 6.07) is 10.4. The predicted octanol–water partition coefficient (Wildman–Crippen LogP) is 4.36. The molecular formula is C17H18BrFO2. The van der Waals surface area contributed by atoms with Crippen LogP contribution in [-0.2, 0) is 12.0 Å². The fourth-order valence-corrected chi connectivity index (χ4v) is 2.60. The average Bonchev–Trinajstić information content (AvgIpc) is 2.44. The molecule has 0 fully saturated rings. The highest BCUT2D eigenvalue weighted by atomic mass is 79.9. The van der Waals surface area contributed by atoms with E-state index in [-0.39, 0.29) is 5.82 Å². The molecule has 0 saturated heterocycles. The second-order valence-corrected chi connectivity index (χ2v) is 6.23. The van der Waals surface area contributed by atoms with Crippen molar-refractivity contribution in [3.8, 4) is 5.75 Å². The van der Waals surface area contributed by atoms with Gasteiger partial charge in [0.05, 0.1) is 12.7 Å². The third-order valence-electron chi connectivity index (χ3n) is 3.58. The first kappa shape index (κ1) is 16.0. The lowest BCUT2D eigenvalue weighted by atomic mass is 9.88. The molecule has 1 N–H and O–H groups in total. The van der Waals surface area contributed by atoms with Gasteiger partial charge in [0.1, 0.15) is 11.6 Å². The highest BCUT2D eigenvalue weighted by Gasteiger charge is 2.25. The van der Waals surface area contributed by atoms with Crippen LogP contribution >= 0.6 is 15.9 Å². The number of methoxy groups -OCH3 is 1. The molecule has 2 aromatic rings. The van der Waals surface area contributed by atoms with Gasteiger partial charge >= 0.3 is 0 Å². The van der Waals surface area contributed by atoms with Crippen LogP contribution in [0.1, 0.15) is 23.6 Å². The van der Waals surface area contributed by atoms with Crippen molar-refractivity contribution in [2.75, 3.05) is 7.11 Å². The fraction of sp³-hybridized carbons (Fsp3) is 0.294. The zero-order chi connectivity index (χ0) is 15.6.